The number of nitrogens with one attached hydrogen (secondary N) is 2. The average Bonchev–Trinajstić information content (AvgIpc) is 2.58. The quantitative estimate of drug-likeness (QED) is 0.649. The van der Waals surface area contributed by atoms with Crippen molar-refractivity contribution in [3.8, 4) is 0 Å². The standard InChI is InChI=1S/C10H17N3O2/c14-9-7-12-10(15)13(9)6-4-8-3-1-2-5-11-8/h8,11H,1-7H2,(H,12,15)/t8-/m0/s1. The zero-order valence-corrected chi connectivity index (χ0v) is 8.79. The third-order valence-electron chi connectivity index (χ3n) is 3.05. The molecule has 15 heavy (non-hydrogen) atoms. The van der Waals surface area contributed by atoms with Gasteiger partial charge in [-0.3, -0.25) is 9.69 Å². The molecule has 2 N–H and O–H groups in total. The van der Waals surface area contributed by atoms with E-state index >= 15 is 0 Å². The minimum atomic E-state index is -0.240. The van der Waals surface area contributed by atoms with Crippen LogP contribution in [0, 0.1) is 0 Å². The third kappa shape index (κ3) is 2.47. The highest BCUT2D eigenvalue weighted by Crippen LogP contribution is 2.11. The lowest BCUT2D eigenvalue weighted by atomic mass is 10.0. The normalized spacial score (nSPS) is 26.9. The summed E-state index contributed by atoms with van der Waals surface area (Å²) >= 11 is 0. The van der Waals surface area contributed by atoms with Crippen molar-refractivity contribution in [3.05, 3.63) is 0 Å². The summed E-state index contributed by atoms with van der Waals surface area (Å²) in [6, 6.07) is 0.232. The molecule has 0 unspecified atom stereocenters. The van der Waals surface area contributed by atoms with E-state index in [0.29, 0.717) is 12.6 Å². The van der Waals surface area contributed by atoms with Crippen LogP contribution in [0.25, 0.3) is 0 Å². The molecule has 5 nitrogen and oxygen atoms in total. The molecule has 3 amide bonds. The van der Waals surface area contributed by atoms with Gasteiger partial charge in [0, 0.05) is 12.6 Å². The van der Waals surface area contributed by atoms with Gasteiger partial charge >= 0.3 is 6.03 Å². The predicted octanol–water partition coefficient (Wildman–Crippen LogP) is 0.0704. The molecule has 2 fully saturated rings. The Bertz CT molecular complexity index is 245. The topological polar surface area (TPSA) is 61.4 Å². The Labute approximate surface area is 89.2 Å². The van der Waals surface area contributed by atoms with E-state index in [-0.39, 0.29) is 18.5 Å². The molecule has 0 radical (unpaired) electrons. The zero-order valence-electron chi connectivity index (χ0n) is 8.79. The van der Waals surface area contributed by atoms with Gasteiger partial charge in [-0.2, -0.15) is 0 Å². The summed E-state index contributed by atoms with van der Waals surface area (Å²) in [5, 5.41) is 5.93. The number of urea groups is 1. The molecule has 2 aliphatic heterocycles. The van der Waals surface area contributed by atoms with Gasteiger partial charge in [0.05, 0.1) is 6.54 Å². The first-order valence-corrected chi connectivity index (χ1v) is 5.59. The number of hydrogen-bond acceptors (Lipinski definition) is 3. The van der Waals surface area contributed by atoms with Crippen LogP contribution in [0.15, 0.2) is 0 Å². The second-order valence-electron chi connectivity index (χ2n) is 4.14. The monoisotopic (exact) mass is 211 g/mol. The van der Waals surface area contributed by atoms with E-state index in [2.05, 4.69) is 10.6 Å². The van der Waals surface area contributed by atoms with Crippen molar-refractivity contribution in [3.63, 3.8) is 0 Å². The van der Waals surface area contributed by atoms with Crippen LogP contribution in [0.5, 0.6) is 0 Å². The van der Waals surface area contributed by atoms with Crippen molar-refractivity contribution in [2.75, 3.05) is 19.6 Å². The van der Waals surface area contributed by atoms with Crippen molar-refractivity contribution in [2.45, 2.75) is 31.7 Å². The fraction of sp³-hybridized carbons (Fsp3) is 0.800. The smallest absolute Gasteiger partial charge is 0.324 e. The third-order valence-corrected chi connectivity index (χ3v) is 3.05. The Hall–Kier alpha value is -1.10. The maximum Gasteiger partial charge on any atom is 0.324 e. The molecule has 0 spiro atoms. The second kappa shape index (κ2) is 4.61. The van der Waals surface area contributed by atoms with Gasteiger partial charge in [-0.1, -0.05) is 6.42 Å². The maximum atomic E-state index is 11.3. The first kappa shape index (κ1) is 10.4. The first-order chi connectivity index (χ1) is 7.27. The van der Waals surface area contributed by atoms with Crippen molar-refractivity contribution in [2.24, 2.45) is 0 Å². The molecule has 2 heterocycles. The number of carbonyl (C=O) groups excluding carboxylic acids is 2. The SMILES string of the molecule is O=C1CNC(=O)N1CC[C@@H]1CCCCN1. The highest BCUT2D eigenvalue weighted by molar-refractivity contribution is 6.01. The van der Waals surface area contributed by atoms with Crippen LogP contribution < -0.4 is 10.6 Å². The Balaban J connectivity index is 1.76. The molecule has 0 saturated carbocycles. The minimum absolute atomic E-state index is 0.101. The van der Waals surface area contributed by atoms with Crippen LogP contribution >= 0.6 is 0 Å². The molecule has 2 saturated heterocycles. The summed E-state index contributed by atoms with van der Waals surface area (Å²) in [5.74, 6) is -0.101. The molecule has 84 valence electrons. The molecular formula is C10H17N3O2. The highest BCUT2D eigenvalue weighted by atomic mass is 16.2. The fourth-order valence-corrected chi connectivity index (χ4v) is 2.14. The van der Waals surface area contributed by atoms with Crippen LogP contribution in [0.2, 0.25) is 0 Å². The summed E-state index contributed by atoms with van der Waals surface area (Å²) in [6.45, 7) is 1.77. The first-order valence-electron chi connectivity index (χ1n) is 5.59. The fourth-order valence-electron chi connectivity index (χ4n) is 2.14. The van der Waals surface area contributed by atoms with Crippen LogP contribution in [0.1, 0.15) is 25.7 Å². The van der Waals surface area contributed by atoms with Crippen LogP contribution in [0.4, 0.5) is 4.79 Å². The van der Waals surface area contributed by atoms with Crippen LogP contribution in [-0.4, -0.2) is 42.5 Å². The number of piperidine rings is 1. The van der Waals surface area contributed by atoms with Gasteiger partial charge < -0.3 is 10.6 Å². The summed E-state index contributed by atoms with van der Waals surface area (Å²) in [7, 11) is 0. The molecule has 2 aliphatic rings. The number of amides is 3. The van der Waals surface area contributed by atoms with Crippen molar-refractivity contribution >= 4 is 11.9 Å². The molecular weight excluding hydrogens is 194 g/mol. The Kier molecular flexibility index (Phi) is 3.20. The van der Waals surface area contributed by atoms with Crippen molar-refractivity contribution in [1.29, 1.82) is 0 Å². The van der Waals surface area contributed by atoms with Gasteiger partial charge in [-0.15, -0.1) is 0 Å². The van der Waals surface area contributed by atoms with Crippen LogP contribution in [-0.2, 0) is 4.79 Å². The van der Waals surface area contributed by atoms with E-state index in [1.54, 1.807) is 0 Å². The van der Waals surface area contributed by atoms with E-state index in [9.17, 15) is 9.59 Å². The van der Waals surface area contributed by atoms with Crippen LogP contribution in [0.3, 0.4) is 0 Å². The van der Waals surface area contributed by atoms with Gasteiger partial charge in [-0.25, -0.2) is 4.79 Å². The van der Waals surface area contributed by atoms with E-state index in [0.717, 1.165) is 19.4 Å². The maximum absolute atomic E-state index is 11.3. The minimum Gasteiger partial charge on any atom is -0.329 e. The van der Waals surface area contributed by atoms with E-state index in [4.69, 9.17) is 0 Å². The van der Waals surface area contributed by atoms with Crippen molar-refractivity contribution < 1.29 is 9.59 Å². The predicted molar refractivity (Wildman–Crippen MR) is 55.4 cm³/mol. The zero-order chi connectivity index (χ0) is 10.7. The summed E-state index contributed by atoms with van der Waals surface area (Å²) in [5.41, 5.74) is 0. The van der Waals surface area contributed by atoms with Crippen molar-refractivity contribution in [1.82, 2.24) is 15.5 Å². The molecule has 0 aliphatic carbocycles. The van der Waals surface area contributed by atoms with Gasteiger partial charge in [0.1, 0.15) is 0 Å². The summed E-state index contributed by atoms with van der Waals surface area (Å²) < 4.78 is 0. The van der Waals surface area contributed by atoms with E-state index in [1.807, 2.05) is 0 Å². The molecule has 5 heteroatoms. The molecule has 0 bridgehead atoms. The number of carbonyl (C=O) groups is 2. The molecule has 0 aromatic rings. The second-order valence-corrected chi connectivity index (χ2v) is 4.14. The average molecular weight is 211 g/mol. The Morgan fingerprint density at radius 1 is 1.33 bits per heavy atom. The lowest BCUT2D eigenvalue weighted by molar-refractivity contribution is -0.125. The van der Waals surface area contributed by atoms with Gasteiger partial charge in [0.25, 0.3) is 0 Å². The lowest BCUT2D eigenvalue weighted by Gasteiger charge is -2.24. The molecule has 0 aromatic heterocycles. The summed E-state index contributed by atoms with van der Waals surface area (Å²) in [4.78, 5) is 23.8. The Morgan fingerprint density at radius 3 is 2.80 bits per heavy atom. The van der Waals surface area contributed by atoms with Gasteiger partial charge in [0.2, 0.25) is 5.91 Å². The lowest BCUT2D eigenvalue weighted by Crippen LogP contribution is -2.39. The van der Waals surface area contributed by atoms with Gasteiger partial charge in [-0.05, 0) is 25.8 Å². The molecule has 1 atom stereocenters. The number of imide groups is 1. The number of rotatable bonds is 3. The van der Waals surface area contributed by atoms with Gasteiger partial charge in [0.15, 0.2) is 0 Å². The number of hydrogen-bond donors (Lipinski definition) is 2. The molecule has 2 rings (SSSR count). The molecule has 0 aromatic carbocycles. The largest absolute Gasteiger partial charge is 0.329 e. The summed E-state index contributed by atoms with van der Waals surface area (Å²) in [6.07, 6.45) is 4.51. The van der Waals surface area contributed by atoms with E-state index in [1.165, 1.54) is 17.7 Å². The highest BCUT2D eigenvalue weighted by Gasteiger charge is 2.28. The Morgan fingerprint density at radius 2 is 2.20 bits per heavy atom. The van der Waals surface area contributed by atoms with E-state index < -0.39 is 0 Å². The number of nitrogens with zero attached hydrogens (tertiary/aromatic N) is 1.